The Kier molecular flexibility index (Phi) is 7.85. The zero-order valence-corrected chi connectivity index (χ0v) is 7.88. The first-order valence-corrected chi connectivity index (χ1v) is 2.92. The van der Waals surface area contributed by atoms with E-state index >= 15 is 0 Å². The molecule has 1 nitrogen and oxygen atoms in total. The molecule has 0 atom stereocenters. The second-order valence-electron chi connectivity index (χ2n) is 1.64. The average molecular weight is 213 g/mol. The molecule has 0 saturated heterocycles. The molecule has 0 amide bonds. The van der Waals surface area contributed by atoms with Crippen molar-refractivity contribution in [3.63, 3.8) is 0 Å². The van der Waals surface area contributed by atoms with Crippen molar-refractivity contribution in [2.24, 2.45) is 0 Å². The lowest BCUT2D eigenvalue weighted by atomic mass is 10.2. The van der Waals surface area contributed by atoms with Crippen molar-refractivity contribution >= 4 is 42.7 Å². The van der Waals surface area contributed by atoms with Gasteiger partial charge < -0.3 is 0 Å². The van der Waals surface area contributed by atoms with Gasteiger partial charge in [-0.3, -0.25) is 4.79 Å². The van der Waals surface area contributed by atoms with Gasteiger partial charge in [-0.25, -0.2) is 0 Å². The maximum atomic E-state index is 10.1. The van der Waals surface area contributed by atoms with Gasteiger partial charge in [0, 0.05) is 5.56 Å². The second kappa shape index (κ2) is 6.47. The van der Waals surface area contributed by atoms with E-state index in [-0.39, 0.29) is 24.8 Å². The van der Waals surface area contributed by atoms with Crippen LogP contribution in [0.4, 0.5) is 0 Å². The monoisotopic (exact) mass is 212 g/mol. The van der Waals surface area contributed by atoms with E-state index in [1.807, 2.05) is 0 Å². The number of benzene rings is 1. The van der Waals surface area contributed by atoms with Crippen molar-refractivity contribution in [1.82, 2.24) is 0 Å². The van der Waals surface area contributed by atoms with Gasteiger partial charge >= 0.3 is 0 Å². The molecule has 0 saturated carbocycles. The number of rotatable bonds is 1. The molecule has 0 aliphatic carbocycles. The number of aldehydes is 1. The van der Waals surface area contributed by atoms with Crippen LogP contribution in [0.1, 0.15) is 10.4 Å². The Labute approximate surface area is 82.6 Å². The number of carbonyl (C=O) groups is 1. The summed E-state index contributed by atoms with van der Waals surface area (Å²) in [6, 6.07) is 6.92. The lowest BCUT2D eigenvalue weighted by Gasteiger charge is -1.90. The van der Waals surface area contributed by atoms with E-state index < -0.39 is 0 Å². The molecule has 0 heterocycles. The van der Waals surface area contributed by atoms with Gasteiger partial charge in [0.15, 0.2) is 6.29 Å². The lowest BCUT2D eigenvalue weighted by molar-refractivity contribution is 0.112. The standard InChI is InChI=1S/C7H5ClO.2ClH/c8-7-4-2-1-3-6(7)5-9;;/h1-5H;2*1H. The topological polar surface area (TPSA) is 17.1 Å². The number of halogens is 3. The van der Waals surface area contributed by atoms with Gasteiger partial charge in [0.2, 0.25) is 0 Å². The molecule has 1 aromatic rings. The molecule has 0 spiro atoms. The van der Waals surface area contributed by atoms with E-state index in [2.05, 4.69) is 0 Å². The van der Waals surface area contributed by atoms with Crippen LogP contribution in [0.5, 0.6) is 0 Å². The van der Waals surface area contributed by atoms with Crippen LogP contribution in [-0.2, 0) is 0 Å². The second-order valence-corrected chi connectivity index (χ2v) is 2.05. The molecule has 11 heavy (non-hydrogen) atoms. The first-order valence-electron chi connectivity index (χ1n) is 2.54. The quantitative estimate of drug-likeness (QED) is 0.656. The lowest BCUT2D eigenvalue weighted by Crippen LogP contribution is -1.77. The number of carbonyl (C=O) groups excluding carboxylic acids is 1. The third kappa shape index (κ3) is 3.61. The first kappa shape index (κ1) is 13.4. The smallest absolute Gasteiger partial charge is 0.151 e. The minimum Gasteiger partial charge on any atom is -0.298 e. The van der Waals surface area contributed by atoms with Crippen molar-refractivity contribution in [2.75, 3.05) is 0 Å². The minimum atomic E-state index is 0. The molecule has 0 aliphatic rings. The Balaban J connectivity index is 0. The van der Waals surface area contributed by atoms with Crippen molar-refractivity contribution in [1.29, 1.82) is 0 Å². The van der Waals surface area contributed by atoms with Gasteiger partial charge in [0.1, 0.15) is 0 Å². The molecule has 0 N–H and O–H groups in total. The fourth-order valence-electron chi connectivity index (χ4n) is 0.571. The highest BCUT2D eigenvalue weighted by molar-refractivity contribution is 6.32. The zero-order valence-electron chi connectivity index (χ0n) is 5.49. The molecule has 0 unspecified atom stereocenters. The van der Waals surface area contributed by atoms with Gasteiger partial charge in [-0.15, -0.1) is 24.8 Å². The van der Waals surface area contributed by atoms with Crippen molar-refractivity contribution < 1.29 is 4.79 Å². The Bertz CT molecular complexity index is 225. The normalized spacial score (nSPS) is 7.36. The Morgan fingerprint density at radius 1 is 1.18 bits per heavy atom. The summed E-state index contributed by atoms with van der Waals surface area (Å²) in [6.45, 7) is 0. The van der Waals surface area contributed by atoms with E-state index in [1.165, 1.54) is 0 Å². The van der Waals surface area contributed by atoms with Gasteiger partial charge in [-0.05, 0) is 6.07 Å². The van der Waals surface area contributed by atoms with Crippen LogP contribution in [-0.4, -0.2) is 6.29 Å². The van der Waals surface area contributed by atoms with E-state index in [4.69, 9.17) is 11.6 Å². The van der Waals surface area contributed by atoms with E-state index in [0.29, 0.717) is 10.6 Å². The summed E-state index contributed by atoms with van der Waals surface area (Å²) in [6.07, 6.45) is 0.738. The summed E-state index contributed by atoms with van der Waals surface area (Å²) >= 11 is 5.59. The fourth-order valence-corrected chi connectivity index (χ4v) is 0.751. The molecule has 62 valence electrons. The molecule has 0 bridgehead atoms. The zero-order chi connectivity index (χ0) is 6.69. The van der Waals surface area contributed by atoms with Crippen molar-refractivity contribution in [2.45, 2.75) is 0 Å². The van der Waals surface area contributed by atoms with Crippen LogP contribution >= 0.6 is 36.4 Å². The molecular weight excluding hydrogens is 206 g/mol. The van der Waals surface area contributed by atoms with E-state index in [9.17, 15) is 4.79 Å². The maximum absolute atomic E-state index is 10.1. The summed E-state index contributed by atoms with van der Waals surface area (Å²) in [7, 11) is 0. The maximum Gasteiger partial charge on any atom is 0.151 e. The highest BCUT2D eigenvalue weighted by Gasteiger charge is 1.92. The van der Waals surface area contributed by atoms with Gasteiger partial charge in [0.25, 0.3) is 0 Å². The van der Waals surface area contributed by atoms with Gasteiger partial charge in [-0.1, -0.05) is 29.8 Å². The van der Waals surface area contributed by atoms with Crippen molar-refractivity contribution in [3.05, 3.63) is 34.9 Å². The van der Waals surface area contributed by atoms with E-state index in [0.717, 1.165) is 6.29 Å². The summed E-state index contributed by atoms with van der Waals surface area (Å²) in [5.74, 6) is 0. The molecule has 0 aliphatic heterocycles. The fraction of sp³-hybridized carbons (Fsp3) is 0. The van der Waals surface area contributed by atoms with Crippen LogP contribution in [0.25, 0.3) is 0 Å². The first-order chi connectivity index (χ1) is 4.34. The Morgan fingerprint density at radius 3 is 2.09 bits per heavy atom. The SMILES string of the molecule is Cl.Cl.O=Cc1ccccc1Cl. The van der Waals surface area contributed by atoms with Crippen LogP contribution < -0.4 is 0 Å². The van der Waals surface area contributed by atoms with Crippen LogP contribution in [0.3, 0.4) is 0 Å². The summed E-state index contributed by atoms with van der Waals surface area (Å²) in [4.78, 5) is 10.1. The predicted molar refractivity (Wildman–Crippen MR) is 51.3 cm³/mol. The molecule has 0 aromatic heterocycles. The Morgan fingerprint density at radius 2 is 1.73 bits per heavy atom. The van der Waals surface area contributed by atoms with Crippen LogP contribution in [0.15, 0.2) is 24.3 Å². The highest BCUT2D eigenvalue weighted by atomic mass is 35.5. The minimum absolute atomic E-state index is 0. The third-order valence-corrected chi connectivity index (χ3v) is 1.38. The largest absolute Gasteiger partial charge is 0.298 e. The Hall–Kier alpha value is -0.240. The van der Waals surface area contributed by atoms with Gasteiger partial charge in [-0.2, -0.15) is 0 Å². The summed E-state index contributed by atoms with van der Waals surface area (Å²) < 4.78 is 0. The molecule has 4 heteroatoms. The highest BCUT2D eigenvalue weighted by Crippen LogP contribution is 2.11. The molecule has 1 rings (SSSR count). The third-order valence-electron chi connectivity index (χ3n) is 1.03. The number of hydrogen-bond acceptors (Lipinski definition) is 1. The predicted octanol–water partition coefficient (Wildman–Crippen LogP) is 3.00. The van der Waals surface area contributed by atoms with Gasteiger partial charge in [0.05, 0.1) is 5.02 Å². The molecule has 0 fully saturated rings. The summed E-state index contributed by atoms with van der Waals surface area (Å²) in [5.41, 5.74) is 0.541. The molecule has 0 radical (unpaired) electrons. The average Bonchev–Trinajstić information content (AvgIpc) is 1.89. The number of hydrogen-bond donors (Lipinski definition) is 0. The molecular formula is C7H7Cl3O. The van der Waals surface area contributed by atoms with E-state index in [1.54, 1.807) is 24.3 Å². The molecule has 1 aromatic carbocycles. The van der Waals surface area contributed by atoms with Crippen LogP contribution in [0.2, 0.25) is 5.02 Å². The summed E-state index contributed by atoms with van der Waals surface area (Å²) in [5, 5.41) is 0.507. The van der Waals surface area contributed by atoms with Crippen molar-refractivity contribution in [3.8, 4) is 0 Å². The van der Waals surface area contributed by atoms with Crippen LogP contribution in [0, 0.1) is 0 Å².